The second-order valence-corrected chi connectivity index (χ2v) is 5.54. The highest BCUT2D eigenvalue weighted by Gasteiger charge is 2.15. The average Bonchev–Trinajstić information content (AvgIpc) is 2.49. The highest BCUT2D eigenvalue weighted by molar-refractivity contribution is 5.78. The lowest BCUT2D eigenvalue weighted by Crippen LogP contribution is -2.31. The van der Waals surface area contributed by atoms with Crippen molar-refractivity contribution in [2.45, 2.75) is 46.0 Å². The first-order valence-electron chi connectivity index (χ1n) is 7.88. The summed E-state index contributed by atoms with van der Waals surface area (Å²) in [7, 11) is 0. The molecule has 0 unspecified atom stereocenters. The van der Waals surface area contributed by atoms with Crippen molar-refractivity contribution in [2.75, 3.05) is 18.4 Å². The molecule has 0 spiro atoms. The maximum absolute atomic E-state index is 12.0. The SMILES string of the molecule is CCC(CC)C(=O)NCCc1cccc2c1NCCC2. The van der Waals surface area contributed by atoms with Crippen LogP contribution in [0.3, 0.4) is 0 Å². The highest BCUT2D eigenvalue weighted by Crippen LogP contribution is 2.26. The smallest absolute Gasteiger partial charge is 0.223 e. The number of fused-ring (bicyclic) bond motifs is 1. The number of hydrogen-bond donors (Lipinski definition) is 2. The van der Waals surface area contributed by atoms with Crippen LogP contribution in [0.25, 0.3) is 0 Å². The Labute approximate surface area is 122 Å². The summed E-state index contributed by atoms with van der Waals surface area (Å²) in [6.07, 6.45) is 5.12. The van der Waals surface area contributed by atoms with E-state index in [9.17, 15) is 4.79 Å². The molecule has 0 fully saturated rings. The molecule has 1 aliphatic heterocycles. The van der Waals surface area contributed by atoms with Crippen LogP contribution in [0.2, 0.25) is 0 Å². The van der Waals surface area contributed by atoms with E-state index in [4.69, 9.17) is 0 Å². The molecule has 0 aromatic heterocycles. The zero-order chi connectivity index (χ0) is 14.4. The number of anilines is 1. The van der Waals surface area contributed by atoms with E-state index >= 15 is 0 Å². The number of amides is 1. The van der Waals surface area contributed by atoms with Gasteiger partial charge in [0.05, 0.1) is 0 Å². The molecule has 1 heterocycles. The van der Waals surface area contributed by atoms with Crippen LogP contribution in [0, 0.1) is 5.92 Å². The summed E-state index contributed by atoms with van der Waals surface area (Å²) >= 11 is 0. The third-order valence-electron chi connectivity index (χ3n) is 4.21. The van der Waals surface area contributed by atoms with Crippen LogP contribution in [0.1, 0.15) is 44.2 Å². The molecule has 20 heavy (non-hydrogen) atoms. The number of carbonyl (C=O) groups excluding carboxylic acids is 1. The largest absolute Gasteiger partial charge is 0.385 e. The molecule has 0 atom stereocenters. The molecule has 0 bridgehead atoms. The topological polar surface area (TPSA) is 41.1 Å². The van der Waals surface area contributed by atoms with Gasteiger partial charge in [-0.3, -0.25) is 4.79 Å². The molecule has 3 nitrogen and oxygen atoms in total. The summed E-state index contributed by atoms with van der Waals surface area (Å²) in [5.41, 5.74) is 4.04. The normalized spacial score (nSPS) is 13.8. The van der Waals surface area contributed by atoms with E-state index in [-0.39, 0.29) is 11.8 Å². The van der Waals surface area contributed by atoms with Gasteiger partial charge in [-0.1, -0.05) is 32.0 Å². The van der Waals surface area contributed by atoms with E-state index < -0.39 is 0 Å². The number of hydrogen-bond acceptors (Lipinski definition) is 2. The van der Waals surface area contributed by atoms with Crippen LogP contribution in [0.4, 0.5) is 5.69 Å². The maximum Gasteiger partial charge on any atom is 0.223 e. The first-order chi connectivity index (χ1) is 9.76. The van der Waals surface area contributed by atoms with Crippen LogP contribution in [-0.4, -0.2) is 19.0 Å². The number of para-hydroxylation sites is 1. The molecule has 1 aromatic rings. The minimum Gasteiger partial charge on any atom is -0.385 e. The van der Waals surface area contributed by atoms with Crippen molar-refractivity contribution in [2.24, 2.45) is 5.92 Å². The summed E-state index contributed by atoms with van der Waals surface area (Å²) < 4.78 is 0. The molecule has 0 saturated carbocycles. The Bertz CT molecular complexity index is 452. The number of nitrogens with one attached hydrogen (secondary N) is 2. The summed E-state index contributed by atoms with van der Waals surface area (Å²) in [6, 6.07) is 6.50. The molecule has 2 N–H and O–H groups in total. The van der Waals surface area contributed by atoms with Gasteiger partial charge in [0.15, 0.2) is 0 Å². The molecule has 0 radical (unpaired) electrons. The van der Waals surface area contributed by atoms with E-state index in [1.807, 2.05) is 0 Å². The summed E-state index contributed by atoms with van der Waals surface area (Å²) in [6.45, 7) is 5.94. The van der Waals surface area contributed by atoms with Crippen LogP contribution in [-0.2, 0) is 17.6 Å². The fraction of sp³-hybridized carbons (Fsp3) is 0.588. The molecule has 1 aliphatic rings. The third kappa shape index (κ3) is 3.53. The van der Waals surface area contributed by atoms with Crippen molar-refractivity contribution in [3.8, 4) is 0 Å². The number of rotatable bonds is 6. The highest BCUT2D eigenvalue weighted by atomic mass is 16.1. The lowest BCUT2D eigenvalue weighted by atomic mass is 9.97. The lowest BCUT2D eigenvalue weighted by molar-refractivity contribution is -0.125. The molecular weight excluding hydrogens is 248 g/mol. The Morgan fingerprint density at radius 2 is 2.15 bits per heavy atom. The van der Waals surface area contributed by atoms with Crippen molar-refractivity contribution < 1.29 is 4.79 Å². The van der Waals surface area contributed by atoms with Gasteiger partial charge in [0.25, 0.3) is 0 Å². The van der Waals surface area contributed by atoms with E-state index in [2.05, 4.69) is 42.7 Å². The van der Waals surface area contributed by atoms with Gasteiger partial charge in [0, 0.05) is 24.7 Å². The lowest BCUT2D eigenvalue weighted by Gasteiger charge is -2.21. The molecule has 0 saturated heterocycles. The standard InChI is InChI=1S/C17H26N2O/c1-3-13(4-2)17(20)19-12-10-15-8-5-7-14-9-6-11-18-16(14)15/h5,7-8,13,18H,3-4,6,9-12H2,1-2H3,(H,19,20). The minimum atomic E-state index is 0.165. The minimum absolute atomic E-state index is 0.165. The van der Waals surface area contributed by atoms with Crippen LogP contribution in [0.15, 0.2) is 18.2 Å². The van der Waals surface area contributed by atoms with E-state index in [0.29, 0.717) is 0 Å². The van der Waals surface area contributed by atoms with Gasteiger partial charge < -0.3 is 10.6 Å². The van der Waals surface area contributed by atoms with E-state index in [1.54, 1.807) is 0 Å². The number of aryl methyl sites for hydroxylation is 1. The van der Waals surface area contributed by atoms with Crippen LogP contribution in [0.5, 0.6) is 0 Å². The zero-order valence-corrected chi connectivity index (χ0v) is 12.7. The molecule has 1 amide bonds. The Hall–Kier alpha value is -1.51. The molecular formula is C17H26N2O. The second kappa shape index (κ2) is 7.32. The molecule has 2 rings (SSSR count). The monoisotopic (exact) mass is 274 g/mol. The maximum atomic E-state index is 12.0. The summed E-state index contributed by atoms with van der Waals surface area (Å²) in [5.74, 6) is 0.366. The Morgan fingerprint density at radius 1 is 1.35 bits per heavy atom. The first kappa shape index (κ1) is 14.9. The Balaban J connectivity index is 1.90. The van der Waals surface area contributed by atoms with Gasteiger partial charge in [-0.25, -0.2) is 0 Å². The van der Waals surface area contributed by atoms with Crippen molar-refractivity contribution in [3.63, 3.8) is 0 Å². The Morgan fingerprint density at radius 3 is 2.90 bits per heavy atom. The van der Waals surface area contributed by atoms with Crippen LogP contribution < -0.4 is 10.6 Å². The average molecular weight is 274 g/mol. The molecule has 0 aliphatic carbocycles. The predicted octanol–water partition coefficient (Wildman–Crippen LogP) is 3.14. The van der Waals surface area contributed by atoms with Gasteiger partial charge in [-0.2, -0.15) is 0 Å². The molecule has 3 heteroatoms. The first-order valence-corrected chi connectivity index (χ1v) is 7.88. The summed E-state index contributed by atoms with van der Waals surface area (Å²) in [4.78, 5) is 12.0. The van der Waals surface area contributed by atoms with Gasteiger partial charge in [0.1, 0.15) is 0 Å². The molecule has 1 aromatic carbocycles. The zero-order valence-electron chi connectivity index (χ0n) is 12.7. The fourth-order valence-corrected chi connectivity index (χ4v) is 2.91. The van der Waals surface area contributed by atoms with E-state index in [1.165, 1.54) is 23.2 Å². The van der Waals surface area contributed by atoms with Crippen molar-refractivity contribution in [1.29, 1.82) is 0 Å². The van der Waals surface area contributed by atoms with Gasteiger partial charge in [-0.05, 0) is 43.2 Å². The number of benzene rings is 1. The number of carbonyl (C=O) groups is 1. The van der Waals surface area contributed by atoms with Crippen molar-refractivity contribution in [3.05, 3.63) is 29.3 Å². The van der Waals surface area contributed by atoms with Crippen molar-refractivity contribution >= 4 is 11.6 Å². The van der Waals surface area contributed by atoms with Crippen molar-refractivity contribution in [1.82, 2.24) is 5.32 Å². The van der Waals surface area contributed by atoms with Gasteiger partial charge in [-0.15, -0.1) is 0 Å². The second-order valence-electron chi connectivity index (χ2n) is 5.54. The summed E-state index contributed by atoms with van der Waals surface area (Å²) in [5, 5.41) is 6.57. The fourth-order valence-electron chi connectivity index (χ4n) is 2.91. The van der Waals surface area contributed by atoms with Gasteiger partial charge >= 0.3 is 0 Å². The molecule has 110 valence electrons. The van der Waals surface area contributed by atoms with E-state index in [0.717, 1.165) is 38.8 Å². The quantitative estimate of drug-likeness (QED) is 0.836. The predicted molar refractivity (Wildman–Crippen MR) is 84.0 cm³/mol. The van der Waals surface area contributed by atoms with Gasteiger partial charge in [0.2, 0.25) is 5.91 Å². The Kier molecular flexibility index (Phi) is 5.45. The van der Waals surface area contributed by atoms with Crippen LogP contribution >= 0.6 is 0 Å². The third-order valence-corrected chi connectivity index (χ3v) is 4.21.